The topological polar surface area (TPSA) is 85.1 Å². The van der Waals surface area contributed by atoms with Crippen LogP contribution in [-0.2, 0) is 17.8 Å². The number of rotatable bonds is 10. The van der Waals surface area contributed by atoms with Crippen molar-refractivity contribution in [3.8, 4) is 5.75 Å². The molecule has 0 bridgehead atoms. The summed E-state index contributed by atoms with van der Waals surface area (Å²) in [5.41, 5.74) is 3.00. The minimum atomic E-state index is 0.500. The summed E-state index contributed by atoms with van der Waals surface area (Å²) < 4.78 is 13.2. The van der Waals surface area contributed by atoms with Crippen molar-refractivity contribution < 1.29 is 9.47 Å². The average Bonchev–Trinajstić information content (AvgIpc) is 3.17. The van der Waals surface area contributed by atoms with Crippen LogP contribution in [0.2, 0.25) is 0 Å². The highest BCUT2D eigenvalue weighted by molar-refractivity contribution is 5.79. The van der Waals surface area contributed by atoms with Crippen molar-refractivity contribution in [1.82, 2.24) is 25.2 Å². The van der Waals surface area contributed by atoms with Gasteiger partial charge in [-0.1, -0.05) is 18.2 Å². The number of aryl methyl sites for hydroxylation is 1. The van der Waals surface area contributed by atoms with E-state index in [1.54, 1.807) is 0 Å². The lowest BCUT2D eigenvalue weighted by atomic mass is 10.1. The Morgan fingerprint density at radius 1 is 1.10 bits per heavy atom. The predicted octanol–water partition coefficient (Wildman–Crippen LogP) is 2.71. The number of nitrogens with one attached hydrogen (secondary N) is 2. The third-order valence-corrected chi connectivity index (χ3v) is 4.46. The van der Waals surface area contributed by atoms with E-state index in [4.69, 9.17) is 14.5 Å². The molecule has 2 aromatic heterocycles. The molecule has 0 fully saturated rings. The lowest BCUT2D eigenvalue weighted by molar-refractivity contribution is 0.110. The van der Waals surface area contributed by atoms with Crippen LogP contribution < -0.4 is 15.4 Å². The Morgan fingerprint density at radius 3 is 2.83 bits per heavy atom. The second-order valence-electron chi connectivity index (χ2n) is 6.75. The van der Waals surface area contributed by atoms with Crippen LogP contribution in [0.4, 0.5) is 0 Å². The number of fused-ring (bicyclic) bond motifs is 1. The molecule has 0 saturated carbocycles. The third-order valence-electron chi connectivity index (χ3n) is 4.46. The number of aliphatic imine (C=N–C) groups is 1. The molecule has 3 aromatic rings. The molecule has 0 aliphatic carbocycles. The molecule has 0 aliphatic heterocycles. The van der Waals surface area contributed by atoms with Crippen LogP contribution in [0.15, 0.2) is 47.6 Å². The Morgan fingerprint density at radius 2 is 2.00 bits per heavy atom. The summed E-state index contributed by atoms with van der Waals surface area (Å²) in [4.78, 5) is 4.72. The third kappa shape index (κ3) is 5.93. The molecular weight excluding hydrogens is 380 g/mol. The zero-order chi connectivity index (χ0) is 21.2. The Labute approximate surface area is 177 Å². The molecule has 0 spiro atoms. The number of benzene rings is 1. The Bertz CT molecular complexity index is 969. The maximum atomic E-state index is 5.92. The van der Waals surface area contributed by atoms with Gasteiger partial charge in [-0.3, -0.25) is 4.40 Å². The summed E-state index contributed by atoms with van der Waals surface area (Å²) in [7, 11) is 0. The van der Waals surface area contributed by atoms with Crippen molar-refractivity contribution in [3.63, 3.8) is 0 Å². The molecule has 0 unspecified atom stereocenters. The summed E-state index contributed by atoms with van der Waals surface area (Å²) >= 11 is 0. The predicted molar refractivity (Wildman–Crippen MR) is 118 cm³/mol. The lowest BCUT2D eigenvalue weighted by Crippen LogP contribution is -2.37. The van der Waals surface area contributed by atoms with Crippen LogP contribution in [0.3, 0.4) is 0 Å². The van der Waals surface area contributed by atoms with Crippen LogP contribution in [0, 0.1) is 6.92 Å². The Hall–Kier alpha value is -3.13. The molecule has 8 heteroatoms. The van der Waals surface area contributed by atoms with Crippen molar-refractivity contribution >= 4 is 11.6 Å². The smallest absolute Gasteiger partial charge is 0.191 e. The number of hydrogen-bond donors (Lipinski definition) is 2. The summed E-state index contributed by atoms with van der Waals surface area (Å²) in [6.07, 6.45) is 1.95. The van der Waals surface area contributed by atoms with Gasteiger partial charge in [0.05, 0.1) is 19.7 Å². The molecule has 0 radical (unpaired) electrons. The fourth-order valence-corrected chi connectivity index (χ4v) is 2.96. The minimum absolute atomic E-state index is 0.500. The van der Waals surface area contributed by atoms with E-state index in [-0.39, 0.29) is 0 Å². The van der Waals surface area contributed by atoms with E-state index in [1.807, 2.05) is 48.7 Å². The van der Waals surface area contributed by atoms with E-state index in [0.717, 1.165) is 34.9 Å². The standard InChI is InChI=1S/C22H30N6O2/c1-4-23-22(25-16-21-27-26-20-8-6-7-11-28(20)21)24-15-18-10-9-17(3)14-19(18)30-13-12-29-5-2/h6-11,14H,4-5,12-13,15-16H2,1-3H3,(H2,23,24,25). The second kappa shape index (κ2) is 11.2. The molecular formula is C22H30N6O2. The second-order valence-corrected chi connectivity index (χ2v) is 6.75. The summed E-state index contributed by atoms with van der Waals surface area (Å²) in [6.45, 7) is 9.63. The van der Waals surface area contributed by atoms with E-state index in [9.17, 15) is 0 Å². The van der Waals surface area contributed by atoms with Crippen LogP contribution in [0.5, 0.6) is 5.75 Å². The highest BCUT2D eigenvalue weighted by Gasteiger charge is 2.08. The number of guanidine groups is 1. The zero-order valence-corrected chi connectivity index (χ0v) is 17.9. The van der Waals surface area contributed by atoms with Gasteiger partial charge in [-0.05, 0) is 44.5 Å². The highest BCUT2D eigenvalue weighted by atomic mass is 16.5. The first kappa shape index (κ1) is 21.6. The molecule has 0 aliphatic rings. The minimum Gasteiger partial charge on any atom is -0.491 e. The van der Waals surface area contributed by atoms with Gasteiger partial charge in [-0.25, -0.2) is 4.99 Å². The maximum Gasteiger partial charge on any atom is 0.191 e. The molecule has 30 heavy (non-hydrogen) atoms. The first-order valence-corrected chi connectivity index (χ1v) is 10.3. The Kier molecular flexibility index (Phi) is 8.02. The van der Waals surface area contributed by atoms with E-state index in [2.05, 4.69) is 39.9 Å². The Balaban J connectivity index is 1.66. The van der Waals surface area contributed by atoms with Gasteiger partial charge in [-0.15, -0.1) is 10.2 Å². The van der Waals surface area contributed by atoms with Crippen molar-refractivity contribution in [3.05, 3.63) is 59.5 Å². The number of ether oxygens (including phenoxy) is 2. The molecule has 160 valence electrons. The fraction of sp³-hybridized carbons (Fsp3) is 0.409. The lowest BCUT2D eigenvalue weighted by Gasteiger charge is -2.13. The van der Waals surface area contributed by atoms with E-state index in [0.29, 0.717) is 38.9 Å². The van der Waals surface area contributed by atoms with Crippen molar-refractivity contribution in [2.24, 2.45) is 4.99 Å². The van der Waals surface area contributed by atoms with Gasteiger partial charge < -0.3 is 20.1 Å². The molecule has 2 N–H and O–H groups in total. The van der Waals surface area contributed by atoms with Crippen molar-refractivity contribution in [2.45, 2.75) is 33.9 Å². The van der Waals surface area contributed by atoms with Gasteiger partial charge in [0.2, 0.25) is 0 Å². The normalized spacial score (nSPS) is 11.6. The van der Waals surface area contributed by atoms with E-state index < -0.39 is 0 Å². The molecule has 0 saturated heterocycles. The monoisotopic (exact) mass is 410 g/mol. The molecule has 8 nitrogen and oxygen atoms in total. The van der Waals surface area contributed by atoms with E-state index in [1.165, 1.54) is 0 Å². The summed E-state index contributed by atoms with van der Waals surface area (Å²) in [6, 6.07) is 12.0. The molecule has 3 rings (SSSR count). The van der Waals surface area contributed by atoms with Crippen LogP contribution in [0.1, 0.15) is 30.8 Å². The van der Waals surface area contributed by atoms with Gasteiger partial charge in [0, 0.05) is 24.9 Å². The number of hydrogen-bond acceptors (Lipinski definition) is 5. The van der Waals surface area contributed by atoms with Crippen molar-refractivity contribution in [2.75, 3.05) is 26.4 Å². The first-order chi connectivity index (χ1) is 14.7. The molecule has 0 atom stereocenters. The fourth-order valence-electron chi connectivity index (χ4n) is 2.96. The van der Waals surface area contributed by atoms with Gasteiger partial charge in [-0.2, -0.15) is 0 Å². The van der Waals surface area contributed by atoms with Gasteiger partial charge in [0.1, 0.15) is 12.4 Å². The number of nitrogens with zero attached hydrogens (tertiary/aromatic N) is 4. The SMILES string of the molecule is CCNC(=NCc1ccc(C)cc1OCCOCC)NCc1nnc2ccccn12. The summed E-state index contributed by atoms with van der Waals surface area (Å²) in [5.74, 6) is 2.38. The molecule has 2 heterocycles. The quantitative estimate of drug-likeness (QED) is 0.304. The summed E-state index contributed by atoms with van der Waals surface area (Å²) in [5, 5.41) is 15.0. The average molecular weight is 411 g/mol. The highest BCUT2D eigenvalue weighted by Crippen LogP contribution is 2.21. The van der Waals surface area contributed by atoms with Crippen LogP contribution in [-0.4, -0.2) is 46.9 Å². The molecule has 1 aromatic carbocycles. The largest absolute Gasteiger partial charge is 0.491 e. The van der Waals surface area contributed by atoms with Gasteiger partial charge in [0.15, 0.2) is 17.4 Å². The van der Waals surface area contributed by atoms with Gasteiger partial charge in [0.25, 0.3) is 0 Å². The van der Waals surface area contributed by atoms with E-state index >= 15 is 0 Å². The first-order valence-electron chi connectivity index (χ1n) is 10.3. The van der Waals surface area contributed by atoms with Crippen LogP contribution >= 0.6 is 0 Å². The van der Waals surface area contributed by atoms with Crippen LogP contribution in [0.25, 0.3) is 5.65 Å². The van der Waals surface area contributed by atoms with Crippen molar-refractivity contribution in [1.29, 1.82) is 0 Å². The maximum absolute atomic E-state index is 5.92. The number of pyridine rings is 1. The molecule has 0 amide bonds. The zero-order valence-electron chi connectivity index (χ0n) is 17.9. The van der Waals surface area contributed by atoms with Gasteiger partial charge >= 0.3 is 0 Å². The number of aromatic nitrogens is 3.